The van der Waals surface area contributed by atoms with Gasteiger partial charge < -0.3 is 20.3 Å². The average Bonchev–Trinajstić information content (AvgIpc) is 3.46. The van der Waals surface area contributed by atoms with Crippen LogP contribution in [0.2, 0.25) is 0 Å². The van der Waals surface area contributed by atoms with Gasteiger partial charge in [-0.05, 0) is 29.9 Å². The summed E-state index contributed by atoms with van der Waals surface area (Å²) in [7, 11) is 1.59. The number of nitrogens with zero attached hydrogens (tertiary/aromatic N) is 3. The molecule has 0 bridgehead atoms. The number of aliphatic carboxylic acids is 1. The molecule has 2 aliphatic heterocycles. The van der Waals surface area contributed by atoms with E-state index in [1.165, 1.54) is 16.1 Å². The van der Waals surface area contributed by atoms with E-state index >= 15 is 0 Å². The van der Waals surface area contributed by atoms with Gasteiger partial charge >= 0.3 is 5.97 Å². The molecule has 35 heavy (non-hydrogen) atoms. The fraction of sp³-hybridized carbons (Fsp3) is 0.480. The topological polar surface area (TPSA) is 136 Å². The molecule has 0 aliphatic carbocycles. The van der Waals surface area contributed by atoms with E-state index < -0.39 is 35.9 Å². The maximum Gasteiger partial charge on any atom is 0.327 e. The summed E-state index contributed by atoms with van der Waals surface area (Å²) in [5.41, 5.74) is 3.04. The molecule has 2 aliphatic rings. The van der Waals surface area contributed by atoms with Gasteiger partial charge in [-0.25, -0.2) is 9.78 Å². The van der Waals surface area contributed by atoms with Crippen molar-refractivity contribution in [2.45, 2.75) is 64.1 Å². The first kappa shape index (κ1) is 24.4. The van der Waals surface area contributed by atoms with E-state index in [1.54, 1.807) is 13.2 Å². The maximum atomic E-state index is 13.6. The molecule has 186 valence electrons. The summed E-state index contributed by atoms with van der Waals surface area (Å²) in [6.07, 6.45) is 4.91. The number of nitrogens with one attached hydrogen (secondary N) is 2. The lowest BCUT2D eigenvalue weighted by Gasteiger charge is -2.33. The van der Waals surface area contributed by atoms with Gasteiger partial charge in [0.2, 0.25) is 17.7 Å². The number of imidazole rings is 1. The number of carboxylic acid groups (broad SMARTS) is 1. The molecule has 3 heterocycles. The molecule has 0 unspecified atom stereocenters. The predicted octanol–water partition coefficient (Wildman–Crippen LogP) is 1.30. The van der Waals surface area contributed by atoms with Crippen molar-refractivity contribution < 1.29 is 24.3 Å². The van der Waals surface area contributed by atoms with Gasteiger partial charge in [0.15, 0.2) is 0 Å². The number of hydrogen-bond acceptors (Lipinski definition) is 5. The third kappa shape index (κ3) is 4.65. The Hall–Kier alpha value is -3.69. The van der Waals surface area contributed by atoms with Crippen molar-refractivity contribution in [2.75, 3.05) is 11.9 Å². The van der Waals surface area contributed by atoms with Crippen LogP contribution in [0, 0.1) is 5.92 Å². The molecule has 0 fully saturated rings. The molecule has 3 amide bonds. The van der Waals surface area contributed by atoms with Gasteiger partial charge in [0.1, 0.15) is 18.1 Å². The van der Waals surface area contributed by atoms with Crippen molar-refractivity contribution in [1.29, 1.82) is 0 Å². The molecule has 4 atom stereocenters. The molecular formula is C25H31N5O5. The molecular weight excluding hydrogens is 450 g/mol. The van der Waals surface area contributed by atoms with E-state index in [1.807, 2.05) is 32.0 Å². The minimum atomic E-state index is -1.07. The highest BCUT2D eigenvalue weighted by Gasteiger charge is 2.44. The summed E-state index contributed by atoms with van der Waals surface area (Å²) in [4.78, 5) is 61.5. The molecule has 0 saturated heterocycles. The number of carbonyl (C=O) groups is 4. The van der Waals surface area contributed by atoms with E-state index in [4.69, 9.17) is 0 Å². The van der Waals surface area contributed by atoms with Crippen LogP contribution in [0.4, 0.5) is 5.69 Å². The lowest BCUT2D eigenvalue weighted by molar-refractivity contribution is -0.142. The second kappa shape index (κ2) is 9.89. The number of likely N-dealkylation sites (N-methyl/N-ethyl adjacent to an activating group) is 1. The maximum absolute atomic E-state index is 13.6. The lowest BCUT2D eigenvalue weighted by atomic mass is 9.95. The third-order valence-corrected chi connectivity index (χ3v) is 7.17. The van der Waals surface area contributed by atoms with Crippen LogP contribution >= 0.6 is 0 Å². The number of aromatic nitrogens is 2. The van der Waals surface area contributed by atoms with Crippen LogP contribution in [0.3, 0.4) is 0 Å². The van der Waals surface area contributed by atoms with Crippen LogP contribution in [0.5, 0.6) is 0 Å². The number of rotatable bonds is 8. The Morgan fingerprint density at radius 2 is 2.06 bits per heavy atom. The molecule has 4 rings (SSSR count). The molecule has 0 spiro atoms. The largest absolute Gasteiger partial charge is 0.480 e. The van der Waals surface area contributed by atoms with Gasteiger partial charge in [-0.1, -0.05) is 38.5 Å². The summed E-state index contributed by atoms with van der Waals surface area (Å²) < 4.78 is 0. The Kier molecular flexibility index (Phi) is 6.90. The van der Waals surface area contributed by atoms with E-state index in [0.717, 1.165) is 11.1 Å². The highest BCUT2D eigenvalue weighted by Crippen LogP contribution is 2.39. The highest BCUT2D eigenvalue weighted by molar-refractivity contribution is 6.07. The first-order chi connectivity index (χ1) is 16.7. The number of carboxylic acids is 1. The third-order valence-electron chi connectivity index (χ3n) is 7.17. The Morgan fingerprint density at radius 1 is 1.31 bits per heavy atom. The molecule has 2 aromatic rings. The number of amides is 3. The molecule has 1 aromatic heterocycles. The summed E-state index contributed by atoms with van der Waals surface area (Å²) in [6, 6.07) is 2.96. The van der Waals surface area contributed by atoms with Crippen LogP contribution in [0.25, 0.3) is 0 Å². The fourth-order valence-corrected chi connectivity index (χ4v) is 5.08. The highest BCUT2D eigenvalue weighted by atomic mass is 16.4. The van der Waals surface area contributed by atoms with Crippen molar-refractivity contribution in [3.8, 4) is 0 Å². The fourth-order valence-electron chi connectivity index (χ4n) is 5.08. The monoisotopic (exact) mass is 481 g/mol. The van der Waals surface area contributed by atoms with Crippen molar-refractivity contribution in [2.24, 2.45) is 5.92 Å². The van der Waals surface area contributed by atoms with E-state index in [0.29, 0.717) is 30.6 Å². The quantitative estimate of drug-likeness (QED) is 0.520. The summed E-state index contributed by atoms with van der Waals surface area (Å²) in [5.74, 6) is -2.33. The number of aromatic amines is 1. The summed E-state index contributed by atoms with van der Waals surface area (Å²) in [6.45, 7) is 3.83. The minimum Gasteiger partial charge on any atom is -0.480 e. The smallest absolute Gasteiger partial charge is 0.327 e. The predicted molar refractivity (Wildman–Crippen MR) is 128 cm³/mol. The van der Waals surface area contributed by atoms with Gasteiger partial charge in [-0.3, -0.25) is 19.3 Å². The SMILES string of the molecule is CC[C@H](C)[C@@H](C(=O)N[C@H]1CCc2cccc3c2N(C1=O)[C@H](C(=O)O)C3)N(C)C(=O)Cc1cnc[nH]1. The van der Waals surface area contributed by atoms with E-state index in [-0.39, 0.29) is 24.7 Å². The van der Waals surface area contributed by atoms with Crippen molar-refractivity contribution >= 4 is 29.4 Å². The first-order valence-corrected chi connectivity index (χ1v) is 11.9. The van der Waals surface area contributed by atoms with Crippen molar-refractivity contribution in [3.05, 3.63) is 47.5 Å². The second-order valence-electron chi connectivity index (χ2n) is 9.38. The zero-order chi connectivity index (χ0) is 25.3. The number of para-hydroxylation sites is 1. The standard InChI is InChI=1S/C25H31N5O5/c1-4-14(2)21(29(3)20(31)11-17-12-26-13-27-17)23(32)28-18-9-8-15-6-5-7-16-10-19(25(34)35)30(22(15)16)24(18)33/h5-7,12-14,18-19,21H,4,8-11H2,1-3H3,(H,26,27)(H,28,32)(H,34,35)/t14-,18-,19-,21-/m0/s1. The normalized spacial score (nSPS) is 20.5. The Balaban J connectivity index is 1.56. The van der Waals surface area contributed by atoms with Gasteiger partial charge in [0.25, 0.3) is 0 Å². The van der Waals surface area contributed by atoms with Crippen LogP contribution in [0.15, 0.2) is 30.7 Å². The summed E-state index contributed by atoms with van der Waals surface area (Å²) >= 11 is 0. The van der Waals surface area contributed by atoms with Gasteiger partial charge in [0, 0.05) is 25.4 Å². The second-order valence-corrected chi connectivity index (χ2v) is 9.38. The molecule has 1 aromatic carbocycles. The number of anilines is 1. The Labute approximate surface area is 203 Å². The van der Waals surface area contributed by atoms with Crippen molar-refractivity contribution in [3.63, 3.8) is 0 Å². The number of aryl methyl sites for hydroxylation is 1. The molecule has 0 radical (unpaired) electrons. The van der Waals surface area contributed by atoms with E-state index in [9.17, 15) is 24.3 Å². The number of benzene rings is 1. The van der Waals surface area contributed by atoms with Crippen molar-refractivity contribution in [1.82, 2.24) is 20.2 Å². The summed E-state index contributed by atoms with van der Waals surface area (Å²) in [5, 5.41) is 12.6. The van der Waals surface area contributed by atoms with E-state index in [2.05, 4.69) is 15.3 Å². The molecule has 10 heteroatoms. The van der Waals surface area contributed by atoms with Gasteiger partial charge in [-0.15, -0.1) is 0 Å². The lowest BCUT2D eigenvalue weighted by Crippen LogP contribution is -2.57. The van der Waals surface area contributed by atoms with Crippen LogP contribution in [0.1, 0.15) is 43.5 Å². The average molecular weight is 482 g/mol. The first-order valence-electron chi connectivity index (χ1n) is 11.9. The number of hydrogen-bond donors (Lipinski definition) is 3. The number of H-pyrrole nitrogens is 1. The Bertz CT molecular complexity index is 1130. The molecule has 10 nitrogen and oxygen atoms in total. The molecule has 3 N–H and O–H groups in total. The van der Waals surface area contributed by atoms with Crippen LogP contribution in [-0.2, 0) is 38.4 Å². The minimum absolute atomic E-state index is 0.0746. The van der Waals surface area contributed by atoms with Crippen LogP contribution < -0.4 is 10.2 Å². The van der Waals surface area contributed by atoms with Gasteiger partial charge in [0.05, 0.1) is 18.4 Å². The zero-order valence-corrected chi connectivity index (χ0v) is 20.2. The van der Waals surface area contributed by atoms with Crippen LogP contribution in [-0.4, -0.2) is 68.8 Å². The zero-order valence-electron chi connectivity index (χ0n) is 20.2. The van der Waals surface area contributed by atoms with Gasteiger partial charge in [-0.2, -0.15) is 0 Å². The number of carbonyl (C=O) groups excluding carboxylic acids is 3. The Morgan fingerprint density at radius 3 is 2.71 bits per heavy atom. The molecule has 0 saturated carbocycles.